The normalized spacial score (nSPS) is 16.3. The summed E-state index contributed by atoms with van der Waals surface area (Å²) >= 11 is 10.4. The van der Waals surface area contributed by atoms with Gasteiger partial charge in [0, 0.05) is 22.6 Å². The zero-order valence-electron chi connectivity index (χ0n) is 20.5. The van der Waals surface area contributed by atoms with E-state index in [4.69, 9.17) is 16.3 Å². The molecule has 0 amide bonds. The van der Waals surface area contributed by atoms with E-state index >= 15 is 0 Å². The number of methoxy groups -OCH3 is 1. The van der Waals surface area contributed by atoms with Crippen molar-refractivity contribution in [2.75, 3.05) is 39.8 Å². The van der Waals surface area contributed by atoms with Crippen LogP contribution in [0.5, 0.6) is 5.75 Å². The van der Waals surface area contributed by atoms with Crippen LogP contribution < -0.4 is 15.4 Å². The molecule has 0 aromatic heterocycles. The lowest BCUT2D eigenvalue weighted by atomic mass is 9.81. The summed E-state index contributed by atoms with van der Waals surface area (Å²) in [6, 6.07) is 12.6. The van der Waals surface area contributed by atoms with Crippen LogP contribution in [0.1, 0.15) is 50.3 Å². The summed E-state index contributed by atoms with van der Waals surface area (Å²) in [5, 5.41) is 8.51. The highest BCUT2D eigenvalue weighted by Crippen LogP contribution is 2.37. The van der Waals surface area contributed by atoms with Crippen LogP contribution in [-0.2, 0) is 18.5 Å². The average molecular weight is 537 g/mol. The van der Waals surface area contributed by atoms with E-state index in [0.29, 0.717) is 5.92 Å². The van der Waals surface area contributed by atoms with Crippen LogP contribution in [0.4, 0.5) is 0 Å². The van der Waals surface area contributed by atoms with Gasteiger partial charge in [0.25, 0.3) is 0 Å². The molecule has 1 fully saturated rings. The Morgan fingerprint density at radius 1 is 1.12 bits per heavy atom. The zero-order valence-corrected chi connectivity index (χ0v) is 22.9. The van der Waals surface area contributed by atoms with Crippen molar-refractivity contribution in [3.05, 3.63) is 62.6 Å². The summed E-state index contributed by atoms with van der Waals surface area (Å²) in [4.78, 5) is 2.51. The Hall–Kier alpha value is -1.11. The molecule has 6 heteroatoms. The first-order valence-electron chi connectivity index (χ1n) is 12.3. The van der Waals surface area contributed by atoms with Crippen molar-refractivity contribution >= 4 is 27.5 Å². The van der Waals surface area contributed by atoms with Gasteiger partial charge in [0.2, 0.25) is 0 Å². The molecule has 1 heterocycles. The number of ether oxygens (including phenoxy) is 1. The maximum atomic E-state index is 6.83. The highest BCUT2D eigenvalue weighted by Gasteiger charge is 2.41. The van der Waals surface area contributed by atoms with Crippen LogP contribution in [0, 0.1) is 5.92 Å². The SMILES string of the molecule is CCN(CC)CCCC(C)C1(c2cccc(Cl)c2CCc2cc(Br)ccc2OC)NCCN1. The molecule has 2 N–H and O–H groups in total. The quantitative estimate of drug-likeness (QED) is 0.349. The maximum Gasteiger partial charge on any atom is 0.122 e. The first kappa shape index (κ1) is 26.5. The third kappa shape index (κ3) is 6.32. The second kappa shape index (κ2) is 12.6. The molecule has 0 radical (unpaired) electrons. The second-order valence-corrected chi connectivity index (χ2v) is 10.3. The number of aryl methyl sites for hydroxylation is 1. The monoisotopic (exact) mass is 535 g/mol. The van der Waals surface area contributed by atoms with Crippen LogP contribution in [0.2, 0.25) is 5.02 Å². The number of rotatable bonds is 12. The van der Waals surface area contributed by atoms with Crippen molar-refractivity contribution in [3.8, 4) is 5.75 Å². The van der Waals surface area contributed by atoms with Crippen molar-refractivity contribution in [1.82, 2.24) is 15.5 Å². The van der Waals surface area contributed by atoms with Crippen LogP contribution in [0.25, 0.3) is 0 Å². The van der Waals surface area contributed by atoms with E-state index in [9.17, 15) is 0 Å². The Labute approximate surface area is 213 Å². The summed E-state index contributed by atoms with van der Waals surface area (Å²) in [7, 11) is 1.73. The molecule has 0 bridgehead atoms. The van der Waals surface area contributed by atoms with Crippen molar-refractivity contribution < 1.29 is 4.74 Å². The van der Waals surface area contributed by atoms with E-state index < -0.39 is 0 Å². The molecule has 2 aromatic rings. The predicted molar refractivity (Wildman–Crippen MR) is 143 cm³/mol. The van der Waals surface area contributed by atoms with Crippen molar-refractivity contribution in [2.45, 2.75) is 52.1 Å². The van der Waals surface area contributed by atoms with Gasteiger partial charge < -0.3 is 9.64 Å². The van der Waals surface area contributed by atoms with Gasteiger partial charge in [-0.1, -0.05) is 60.4 Å². The first-order chi connectivity index (χ1) is 15.9. The number of hydrogen-bond acceptors (Lipinski definition) is 4. The molecule has 0 aliphatic carbocycles. The van der Waals surface area contributed by atoms with Crippen LogP contribution in [0.3, 0.4) is 0 Å². The topological polar surface area (TPSA) is 36.5 Å². The van der Waals surface area contributed by atoms with Gasteiger partial charge in [-0.2, -0.15) is 0 Å². The molecule has 33 heavy (non-hydrogen) atoms. The molecule has 0 saturated carbocycles. The van der Waals surface area contributed by atoms with Gasteiger partial charge in [-0.25, -0.2) is 0 Å². The van der Waals surface area contributed by atoms with Gasteiger partial charge >= 0.3 is 0 Å². The summed E-state index contributed by atoms with van der Waals surface area (Å²) in [5.74, 6) is 1.36. The third-order valence-electron chi connectivity index (χ3n) is 7.11. The number of nitrogens with zero attached hydrogens (tertiary/aromatic N) is 1. The number of nitrogens with one attached hydrogen (secondary N) is 2. The van der Waals surface area contributed by atoms with E-state index in [1.54, 1.807) is 7.11 Å². The summed E-state index contributed by atoms with van der Waals surface area (Å²) in [5.41, 5.74) is 3.45. The van der Waals surface area contributed by atoms with E-state index in [2.05, 4.69) is 70.4 Å². The van der Waals surface area contributed by atoms with Crippen LogP contribution in [0.15, 0.2) is 40.9 Å². The molecular formula is C27H39BrClN3O. The van der Waals surface area contributed by atoms with Crippen molar-refractivity contribution in [3.63, 3.8) is 0 Å². The lowest BCUT2D eigenvalue weighted by Gasteiger charge is -2.39. The van der Waals surface area contributed by atoms with Gasteiger partial charge in [-0.15, -0.1) is 0 Å². The number of hydrogen-bond donors (Lipinski definition) is 2. The second-order valence-electron chi connectivity index (χ2n) is 8.95. The molecule has 1 unspecified atom stereocenters. The van der Waals surface area contributed by atoms with E-state index in [1.807, 2.05) is 18.2 Å². The smallest absolute Gasteiger partial charge is 0.122 e. The van der Waals surface area contributed by atoms with E-state index in [-0.39, 0.29) is 5.66 Å². The molecule has 1 atom stereocenters. The minimum absolute atomic E-state index is 0.245. The Bertz CT molecular complexity index is 897. The fourth-order valence-corrected chi connectivity index (χ4v) is 5.83. The summed E-state index contributed by atoms with van der Waals surface area (Å²) in [6.45, 7) is 12.2. The lowest BCUT2D eigenvalue weighted by molar-refractivity contribution is 0.197. The Morgan fingerprint density at radius 2 is 1.85 bits per heavy atom. The zero-order chi connectivity index (χ0) is 23.8. The molecule has 1 saturated heterocycles. The molecule has 4 nitrogen and oxygen atoms in total. The number of halogens is 2. The highest BCUT2D eigenvalue weighted by atomic mass is 79.9. The Morgan fingerprint density at radius 3 is 2.52 bits per heavy atom. The maximum absolute atomic E-state index is 6.83. The molecule has 1 aliphatic heterocycles. The van der Waals surface area contributed by atoms with Gasteiger partial charge in [-0.05, 0) is 92.2 Å². The molecular weight excluding hydrogens is 498 g/mol. The lowest BCUT2D eigenvalue weighted by Crippen LogP contribution is -2.52. The largest absolute Gasteiger partial charge is 0.496 e. The minimum atomic E-state index is -0.245. The average Bonchev–Trinajstić information content (AvgIpc) is 3.32. The van der Waals surface area contributed by atoms with E-state index in [1.165, 1.54) is 23.1 Å². The minimum Gasteiger partial charge on any atom is -0.496 e. The fraction of sp³-hybridized carbons (Fsp3) is 0.556. The van der Waals surface area contributed by atoms with Crippen molar-refractivity contribution in [1.29, 1.82) is 0 Å². The molecule has 1 aliphatic rings. The van der Waals surface area contributed by atoms with Crippen LogP contribution in [-0.4, -0.2) is 44.7 Å². The predicted octanol–water partition coefficient (Wildman–Crippen LogP) is 6.00. The van der Waals surface area contributed by atoms with Gasteiger partial charge in [-0.3, -0.25) is 10.6 Å². The highest BCUT2D eigenvalue weighted by molar-refractivity contribution is 9.10. The summed E-state index contributed by atoms with van der Waals surface area (Å²) in [6.07, 6.45) is 4.08. The molecule has 2 aromatic carbocycles. The van der Waals surface area contributed by atoms with Crippen LogP contribution >= 0.6 is 27.5 Å². The van der Waals surface area contributed by atoms with Gasteiger partial charge in [0.05, 0.1) is 12.8 Å². The number of benzene rings is 2. The molecule has 0 spiro atoms. The molecule has 182 valence electrons. The first-order valence-corrected chi connectivity index (χ1v) is 13.4. The standard InChI is InChI=1S/C27H39BrClN3O/c1-5-32(6-2)18-8-9-20(3)27(30-16-17-31-27)24-10-7-11-25(29)23(24)14-12-21-19-22(28)13-15-26(21)33-4/h7,10-11,13,15,19-20,30-31H,5-6,8-9,12,14,16-18H2,1-4H3. The third-order valence-corrected chi connectivity index (χ3v) is 7.96. The fourth-order valence-electron chi connectivity index (χ4n) is 5.15. The van der Waals surface area contributed by atoms with Gasteiger partial charge in [0.15, 0.2) is 0 Å². The Balaban J connectivity index is 1.84. The Kier molecular flexibility index (Phi) is 10.1. The van der Waals surface area contributed by atoms with Gasteiger partial charge in [0.1, 0.15) is 5.75 Å². The van der Waals surface area contributed by atoms with Crippen molar-refractivity contribution in [2.24, 2.45) is 5.92 Å². The summed E-state index contributed by atoms with van der Waals surface area (Å²) < 4.78 is 6.67. The van der Waals surface area contributed by atoms with E-state index in [0.717, 1.165) is 67.2 Å². The molecule has 3 rings (SSSR count).